The molecule has 5 rings (SSSR count). The Labute approximate surface area is 335 Å². The van der Waals surface area contributed by atoms with E-state index in [4.69, 9.17) is 27.8 Å². The van der Waals surface area contributed by atoms with E-state index in [0.29, 0.717) is 0 Å². The molecule has 10 nitrogen and oxygen atoms in total. The van der Waals surface area contributed by atoms with Crippen molar-refractivity contribution < 1.29 is 32.9 Å². The van der Waals surface area contributed by atoms with Gasteiger partial charge in [-0.1, -0.05) is 150 Å². The van der Waals surface area contributed by atoms with Gasteiger partial charge in [-0.15, -0.1) is 0 Å². The molecule has 1 heterocycles. The maximum Gasteiger partial charge on any atom is 0.261 e. The highest BCUT2D eigenvalue weighted by atomic mass is 28.4. The first-order chi connectivity index (χ1) is 26.6. The summed E-state index contributed by atoms with van der Waals surface area (Å²) in [6, 6.07) is 37.8. The first kappa shape index (κ1) is 43.3. The zero-order chi connectivity index (χ0) is 40.6. The van der Waals surface area contributed by atoms with Crippen LogP contribution in [0.25, 0.3) is 10.4 Å². The molecule has 300 valence electrons. The van der Waals surface area contributed by atoms with Gasteiger partial charge in [-0.2, -0.15) is 0 Å². The zero-order valence-corrected chi connectivity index (χ0v) is 36.3. The predicted molar refractivity (Wildman–Crippen MR) is 226 cm³/mol. The van der Waals surface area contributed by atoms with E-state index in [0.717, 1.165) is 27.2 Å². The van der Waals surface area contributed by atoms with Gasteiger partial charge in [-0.05, 0) is 62.3 Å². The van der Waals surface area contributed by atoms with Crippen molar-refractivity contribution in [3.8, 4) is 5.75 Å². The number of rotatable bonds is 16. The molecule has 0 saturated carbocycles. The second-order valence-electron chi connectivity index (χ2n) is 17.1. The lowest BCUT2D eigenvalue weighted by molar-refractivity contribution is -0.300. The Morgan fingerprint density at radius 3 is 1.75 bits per heavy atom. The molecule has 4 aromatic rings. The minimum Gasteiger partial charge on any atom is -0.497 e. The topological polar surface area (TPSA) is 124 Å². The van der Waals surface area contributed by atoms with Crippen molar-refractivity contribution in [3.63, 3.8) is 0 Å². The highest BCUT2D eigenvalue weighted by Crippen LogP contribution is 2.43. The van der Waals surface area contributed by atoms with Gasteiger partial charge in [0.05, 0.1) is 33.5 Å². The van der Waals surface area contributed by atoms with Crippen LogP contribution in [0.4, 0.5) is 0 Å². The van der Waals surface area contributed by atoms with Crippen molar-refractivity contribution in [2.75, 3.05) is 20.3 Å². The van der Waals surface area contributed by atoms with Crippen LogP contribution in [0.1, 0.15) is 52.7 Å². The molecule has 0 radical (unpaired) electrons. The van der Waals surface area contributed by atoms with Gasteiger partial charge in [0.2, 0.25) is 0 Å². The number of azide groups is 1. The number of hydrogen-bond acceptors (Lipinski definition) is 8. The summed E-state index contributed by atoms with van der Waals surface area (Å²) < 4.78 is 39.8. The van der Waals surface area contributed by atoms with Gasteiger partial charge in [0.15, 0.2) is 14.6 Å². The molecule has 0 amide bonds. The van der Waals surface area contributed by atoms with Crippen molar-refractivity contribution in [3.05, 3.63) is 137 Å². The maximum atomic E-state index is 12.3. The Balaban J connectivity index is 1.64. The Kier molecular flexibility index (Phi) is 14.1. The Hall–Kier alpha value is -3.82. The average molecular weight is 798 g/mol. The highest BCUT2D eigenvalue weighted by Gasteiger charge is 2.60. The molecule has 12 heteroatoms. The monoisotopic (exact) mass is 797 g/mol. The number of nitrogens with zero attached hydrogens (tertiary/aromatic N) is 3. The van der Waals surface area contributed by atoms with Crippen molar-refractivity contribution in [1.82, 2.24) is 0 Å². The molecule has 1 aliphatic heterocycles. The Bertz CT molecular complexity index is 1830. The molecule has 0 aromatic heterocycles. The van der Waals surface area contributed by atoms with Gasteiger partial charge in [0.25, 0.3) is 8.32 Å². The molecule has 1 fully saturated rings. The fourth-order valence-electron chi connectivity index (χ4n) is 7.09. The van der Waals surface area contributed by atoms with Crippen LogP contribution in [-0.2, 0) is 36.3 Å². The summed E-state index contributed by atoms with van der Waals surface area (Å²) in [5.41, 5.74) is 10.4. The summed E-state index contributed by atoms with van der Waals surface area (Å²) in [5, 5.41) is 18.3. The summed E-state index contributed by atoms with van der Waals surface area (Å²) in [6.45, 7) is 17.6. The van der Waals surface area contributed by atoms with E-state index in [1.165, 1.54) is 0 Å². The van der Waals surface area contributed by atoms with Crippen LogP contribution in [0, 0.1) is 0 Å². The van der Waals surface area contributed by atoms with Gasteiger partial charge in [0.1, 0.15) is 29.6 Å². The zero-order valence-electron chi connectivity index (χ0n) is 34.3. The van der Waals surface area contributed by atoms with Crippen LogP contribution in [-0.4, -0.2) is 72.2 Å². The lowest BCUT2D eigenvalue weighted by Crippen LogP contribution is -2.72. The van der Waals surface area contributed by atoms with Gasteiger partial charge in [-0.3, -0.25) is 0 Å². The van der Waals surface area contributed by atoms with Gasteiger partial charge >= 0.3 is 0 Å². The lowest BCUT2D eigenvalue weighted by atomic mass is 9.84. The van der Waals surface area contributed by atoms with Crippen molar-refractivity contribution in [2.24, 2.45) is 5.11 Å². The van der Waals surface area contributed by atoms with Gasteiger partial charge in [0, 0.05) is 4.91 Å². The molecular formula is C44H59N3O7Si2. The lowest BCUT2D eigenvalue weighted by Gasteiger charge is -2.52. The minimum absolute atomic E-state index is 0.0819. The second-order valence-corrected chi connectivity index (χ2v) is 26.2. The second kappa shape index (κ2) is 18.2. The summed E-state index contributed by atoms with van der Waals surface area (Å²) >= 11 is 0. The normalized spacial score (nSPS) is 22.0. The highest BCUT2D eigenvalue weighted by molar-refractivity contribution is 6.99. The largest absolute Gasteiger partial charge is 0.497 e. The first-order valence-corrected chi connectivity index (χ1v) is 24.1. The number of methoxy groups -OCH3 is 1. The van der Waals surface area contributed by atoms with Gasteiger partial charge < -0.3 is 32.9 Å². The third kappa shape index (κ3) is 9.48. The molecule has 1 N–H and O–H groups in total. The molecule has 5 atom stereocenters. The van der Waals surface area contributed by atoms with E-state index in [2.05, 4.69) is 88.9 Å². The van der Waals surface area contributed by atoms with E-state index in [9.17, 15) is 10.6 Å². The fraction of sp³-hybridized carbons (Fsp3) is 0.455. The van der Waals surface area contributed by atoms with Gasteiger partial charge in [-0.25, -0.2) is 0 Å². The SMILES string of the molecule is COc1ccc(CO[C@@H]2[C@@H](CO[Si](C)(C)C(C)(C)C)OC(O)[C@](CO[Si](c3ccccc3)(c3ccccc3)C(C)(C)C)(N=[N+]=[N-])[C@H]2OCc2ccccc2)cc1. The van der Waals surface area contributed by atoms with Crippen LogP contribution in [0.5, 0.6) is 5.75 Å². The van der Waals surface area contributed by atoms with E-state index >= 15 is 0 Å². The predicted octanol–water partition coefficient (Wildman–Crippen LogP) is 8.53. The van der Waals surface area contributed by atoms with Crippen LogP contribution in [0.2, 0.25) is 23.2 Å². The molecule has 4 aromatic carbocycles. The summed E-state index contributed by atoms with van der Waals surface area (Å²) in [6.07, 6.45) is -4.31. The summed E-state index contributed by atoms with van der Waals surface area (Å²) in [7, 11) is -3.88. The summed E-state index contributed by atoms with van der Waals surface area (Å²) in [4.78, 5) is 3.36. The van der Waals surface area contributed by atoms with Crippen molar-refractivity contribution in [2.45, 2.75) is 108 Å². The third-order valence-corrected chi connectivity index (χ3v) is 20.8. The smallest absolute Gasteiger partial charge is 0.261 e. The number of aliphatic hydroxyl groups excluding tert-OH is 1. The minimum atomic E-state index is -3.21. The molecule has 1 saturated heterocycles. The number of aliphatic hydroxyl groups is 1. The third-order valence-electron chi connectivity index (χ3n) is 11.3. The molecule has 1 unspecified atom stereocenters. The van der Waals surface area contributed by atoms with E-state index < -0.39 is 51.8 Å². The van der Waals surface area contributed by atoms with Crippen molar-refractivity contribution >= 4 is 27.0 Å². The van der Waals surface area contributed by atoms with E-state index in [1.807, 2.05) is 91.0 Å². The molecule has 0 aliphatic carbocycles. The maximum absolute atomic E-state index is 12.3. The first-order valence-electron chi connectivity index (χ1n) is 19.3. The fourth-order valence-corrected chi connectivity index (χ4v) is 12.7. The van der Waals surface area contributed by atoms with Crippen LogP contribution >= 0.6 is 0 Å². The quantitative estimate of drug-likeness (QED) is 0.0522. The molecule has 1 aliphatic rings. The van der Waals surface area contributed by atoms with E-state index in [-0.39, 0.29) is 31.5 Å². The molecule has 0 spiro atoms. The standard InChI is InChI=1S/C44H59N3O7Si2/c1-42(2,3)55(8,9)52-31-38-39(50-29-34-25-27-35(49-7)28-26-34)40(51-30-33-19-13-10-14-20-33)44(46-47-45,41(48)54-38)32-53-56(43(4,5)6,36-21-15-11-16-22-36)37-23-17-12-18-24-37/h10-28,38-41,48H,29-32H2,1-9H3/t38-,39-,40+,41?,44-/m1/s1. The molecule has 56 heavy (non-hydrogen) atoms. The van der Waals surface area contributed by atoms with Crippen LogP contribution < -0.4 is 15.1 Å². The molecule has 0 bridgehead atoms. The van der Waals surface area contributed by atoms with Crippen LogP contribution in [0.3, 0.4) is 0 Å². The van der Waals surface area contributed by atoms with E-state index in [1.54, 1.807) is 7.11 Å². The van der Waals surface area contributed by atoms with Crippen molar-refractivity contribution in [1.29, 1.82) is 0 Å². The Morgan fingerprint density at radius 1 is 0.732 bits per heavy atom. The van der Waals surface area contributed by atoms with Crippen LogP contribution in [0.15, 0.2) is 120 Å². The summed E-state index contributed by atoms with van der Waals surface area (Å²) in [5.74, 6) is 0.727. The molecular weight excluding hydrogens is 739 g/mol. The average Bonchev–Trinajstić information content (AvgIpc) is 3.18. The number of ether oxygens (including phenoxy) is 4. The Morgan fingerprint density at radius 2 is 1.25 bits per heavy atom. The number of benzene rings is 4. The number of hydrogen-bond donors (Lipinski definition) is 1.